The van der Waals surface area contributed by atoms with Crippen molar-refractivity contribution >= 4 is 15.9 Å². The Bertz CT molecular complexity index is 262. The van der Waals surface area contributed by atoms with E-state index in [0.29, 0.717) is 0 Å². The number of H-pyrrole nitrogens is 1. The number of halogens is 1. The Morgan fingerprint density at radius 2 is 1.92 bits per heavy atom. The van der Waals surface area contributed by atoms with Gasteiger partial charge in [-0.3, -0.25) is 0 Å². The van der Waals surface area contributed by atoms with Gasteiger partial charge in [0, 0.05) is 17.8 Å². The molecule has 0 bridgehead atoms. The molecular formula is C10H15BrN2. The highest BCUT2D eigenvalue weighted by Gasteiger charge is 2.15. The number of aromatic nitrogens is 2. The standard InChI is InChI=1S/C10H15BrN2/c11-10-12-7-9(13-10)8-5-3-1-2-4-6-8/h7-8H,1-6H2,(H,12,13). The largest absolute Gasteiger partial charge is 0.336 e. The fourth-order valence-electron chi connectivity index (χ4n) is 2.11. The molecule has 0 unspecified atom stereocenters. The molecule has 0 atom stereocenters. The minimum atomic E-state index is 0.723. The predicted octanol–water partition coefficient (Wildman–Crippen LogP) is 3.61. The SMILES string of the molecule is Brc1ncc(C2CCCCCC2)[nH]1. The van der Waals surface area contributed by atoms with Gasteiger partial charge in [-0.15, -0.1) is 0 Å². The van der Waals surface area contributed by atoms with Crippen molar-refractivity contribution in [3.8, 4) is 0 Å². The Labute approximate surface area is 87.3 Å². The first kappa shape index (κ1) is 9.25. The van der Waals surface area contributed by atoms with Crippen LogP contribution < -0.4 is 0 Å². The Morgan fingerprint density at radius 1 is 1.23 bits per heavy atom. The Hall–Kier alpha value is -0.310. The van der Waals surface area contributed by atoms with Crippen LogP contribution in [-0.4, -0.2) is 9.97 Å². The van der Waals surface area contributed by atoms with Gasteiger partial charge in [0.2, 0.25) is 0 Å². The van der Waals surface area contributed by atoms with Crippen LogP contribution in [0.3, 0.4) is 0 Å². The average Bonchev–Trinajstić information content (AvgIpc) is 2.43. The first-order valence-corrected chi connectivity index (χ1v) is 5.86. The third-order valence-corrected chi connectivity index (χ3v) is 3.26. The minimum Gasteiger partial charge on any atom is -0.336 e. The van der Waals surface area contributed by atoms with Crippen molar-refractivity contribution in [2.45, 2.75) is 44.4 Å². The lowest BCUT2D eigenvalue weighted by Gasteiger charge is -2.10. The Balaban J connectivity index is 2.06. The van der Waals surface area contributed by atoms with Crippen molar-refractivity contribution in [3.05, 3.63) is 16.6 Å². The van der Waals surface area contributed by atoms with E-state index in [1.165, 1.54) is 44.2 Å². The second-order valence-electron chi connectivity index (χ2n) is 3.82. The zero-order valence-electron chi connectivity index (χ0n) is 7.72. The molecule has 1 aliphatic carbocycles. The van der Waals surface area contributed by atoms with E-state index in [4.69, 9.17) is 0 Å². The van der Waals surface area contributed by atoms with Crippen LogP contribution in [0.5, 0.6) is 0 Å². The molecule has 0 amide bonds. The summed E-state index contributed by atoms with van der Waals surface area (Å²) < 4.78 is 0.867. The van der Waals surface area contributed by atoms with Crippen LogP contribution in [0.25, 0.3) is 0 Å². The molecule has 1 aromatic rings. The third kappa shape index (κ3) is 2.33. The normalized spacial score (nSPS) is 20.1. The highest BCUT2D eigenvalue weighted by Crippen LogP contribution is 2.30. The molecule has 1 heterocycles. The summed E-state index contributed by atoms with van der Waals surface area (Å²) in [4.78, 5) is 7.46. The van der Waals surface area contributed by atoms with Crippen molar-refractivity contribution in [1.82, 2.24) is 9.97 Å². The van der Waals surface area contributed by atoms with Gasteiger partial charge in [0.15, 0.2) is 4.73 Å². The molecule has 2 nitrogen and oxygen atoms in total. The van der Waals surface area contributed by atoms with E-state index in [-0.39, 0.29) is 0 Å². The molecule has 72 valence electrons. The van der Waals surface area contributed by atoms with E-state index < -0.39 is 0 Å². The number of hydrogen-bond donors (Lipinski definition) is 1. The second kappa shape index (κ2) is 4.27. The van der Waals surface area contributed by atoms with E-state index in [1.54, 1.807) is 0 Å². The van der Waals surface area contributed by atoms with Gasteiger partial charge < -0.3 is 4.98 Å². The number of rotatable bonds is 1. The van der Waals surface area contributed by atoms with E-state index in [9.17, 15) is 0 Å². The molecule has 0 spiro atoms. The Morgan fingerprint density at radius 3 is 2.46 bits per heavy atom. The average molecular weight is 243 g/mol. The topological polar surface area (TPSA) is 28.7 Å². The maximum Gasteiger partial charge on any atom is 0.174 e. The molecule has 0 aliphatic heterocycles. The summed E-state index contributed by atoms with van der Waals surface area (Å²) >= 11 is 3.35. The van der Waals surface area contributed by atoms with E-state index in [2.05, 4.69) is 25.9 Å². The maximum atomic E-state index is 4.18. The third-order valence-electron chi connectivity index (χ3n) is 2.86. The minimum absolute atomic E-state index is 0.723. The van der Waals surface area contributed by atoms with Gasteiger partial charge in [-0.25, -0.2) is 4.98 Å². The van der Waals surface area contributed by atoms with E-state index in [0.717, 1.165) is 10.7 Å². The van der Waals surface area contributed by atoms with Crippen LogP contribution >= 0.6 is 15.9 Å². The number of imidazole rings is 1. The maximum absolute atomic E-state index is 4.18. The lowest BCUT2D eigenvalue weighted by Crippen LogP contribution is -1.96. The zero-order chi connectivity index (χ0) is 9.10. The van der Waals surface area contributed by atoms with Crippen LogP contribution in [0.15, 0.2) is 10.9 Å². The van der Waals surface area contributed by atoms with Crippen molar-refractivity contribution in [2.75, 3.05) is 0 Å². The highest BCUT2D eigenvalue weighted by atomic mass is 79.9. The van der Waals surface area contributed by atoms with Gasteiger partial charge in [0.1, 0.15) is 0 Å². The van der Waals surface area contributed by atoms with E-state index in [1.807, 2.05) is 6.20 Å². The fourth-order valence-corrected chi connectivity index (χ4v) is 2.44. The molecular weight excluding hydrogens is 228 g/mol. The van der Waals surface area contributed by atoms with Crippen LogP contribution in [0.1, 0.15) is 50.1 Å². The lowest BCUT2D eigenvalue weighted by molar-refractivity contribution is 0.580. The fraction of sp³-hybridized carbons (Fsp3) is 0.700. The van der Waals surface area contributed by atoms with Crippen molar-refractivity contribution in [1.29, 1.82) is 0 Å². The smallest absolute Gasteiger partial charge is 0.174 e. The van der Waals surface area contributed by atoms with Crippen LogP contribution in [0.2, 0.25) is 0 Å². The molecule has 1 aromatic heterocycles. The first-order valence-electron chi connectivity index (χ1n) is 5.06. The number of nitrogens with zero attached hydrogens (tertiary/aromatic N) is 1. The van der Waals surface area contributed by atoms with Gasteiger partial charge >= 0.3 is 0 Å². The second-order valence-corrected chi connectivity index (χ2v) is 4.57. The highest BCUT2D eigenvalue weighted by molar-refractivity contribution is 9.10. The number of hydrogen-bond acceptors (Lipinski definition) is 1. The molecule has 0 saturated heterocycles. The van der Waals surface area contributed by atoms with Crippen LogP contribution in [0, 0.1) is 0 Å². The van der Waals surface area contributed by atoms with Gasteiger partial charge in [-0.2, -0.15) is 0 Å². The molecule has 2 rings (SSSR count). The monoisotopic (exact) mass is 242 g/mol. The van der Waals surface area contributed by atoms with Crippen molar-refractivity contribution < 1.29 is 0 Å². The van der Waals surface area contributed by atoms with Crippen molar-refractivity contribution in [3.63, 3.8) is 0 Å². The number of nitrogens with one attached hydrogen (secondary N) is 1. The first-order chi connectivity index (χ1) is 6.36. The molecule has 3 heteroatoms. The predicted molar refractivity (Wildman–Crippen MR) is 56.7 cm³/mol. The summed E-state index contributed by atoms with van der Waals surface area (Å²) in [6.45, 7) is 0. The molecule has 1 aliphatic rings. The summed E-state index contributed by atoms with van der Waals surface area (Å²) in [6, 6.07) is 0. The Kier molecular flexibility index (Phi) is 3.04. The van der Waals surface area contributed by atoms with Gasteiger partial charge in [-0.1, -0.05) is 25.7 Å². The van der Waals surface area contributed by atoms with Gasteiger partial charge in [-0.05, 0) is 28.8 Å². The lowest BCUT2D eigenvalue weighted by atomic mass is 9.97. The van der Waals surface area contributed by atoms with Gasteiger partial charge in [0.05, 0.1) is 0 Å². The summed E-state index contributed by atoms with van der Waals surface area (Å²) in [5, 5.41) is 0. The van der Waals surface area contributed by atoms with Gasteiger partial charge in [0.25, 0.3) is 0 Å². The van der Waals surface area contributed by atoms with Crippen molar-refractivity contribution in [2.24, 2.45) is 0 Å². The summed E-state index contributed by atoms with van der Waals surface area (Å²) in [7, 11) is 0. The molecule has 1 fully saturated rings. The van der Waals surface area contributed by atoms with Crippen LogP contribution in [0.4, 0.5) is 0 Å². The van der Waals surface area contributed by atoms with E-state index >= 15 is 0 Å². The zero-order valence-corrected chi connectivity index (χ0v) is 9.31. The van der Waals surface area contributed by atoms with Crippen LogP contribution in [-0.2, 0) is 0 Å². The number of aromatic amines is 1. The molecule has 1 N–H and O–H groups in total. The summed E-state index contributed by atoms with van der Waals surface area (Å²) in [5.74, 6) is 0.723. The summed E-state index contributed by atoms with van der Waals surface area (Å²) in [6.07, 6.45) is 10.2. The molecule has 0 radical (unpaired) electrons. The molecule has 0 aromatic carbocycles. The molecule has 13 heavy (non-hydrogen) atoms. The summed E-state index contributed by atoms with van der Waals surface area (Å²) in [5.41, 5.74) is 1.31. The molecule has 1 saturated carbocycles. The quantitative estimate of drug-likeness (QED) is 0.750.